The van der Waals surface area contributed by atoms with Gasteiger partial charge in [0.05, 0.1) is 37.4 Å². The summed E-state index contributed by atoms with van der Waals surface area (Å²) >= 11 is 0. The number of esters is 2. The van der Waals surface area contributed by atoms with Gasteiger partial charge in [0.2, 0.25) is 15.8 Å². The van der Waals surface area contributed by atoms with Crippen molar-refractivity contribution in [2.24, 2.45) is 10.9 Å². The van der Waals surface area contributed by atoms with Crippen molar-refractivity contribution in [3.05, 3.63) is 41.4 Å². The number of ether oxygens (including phenoxy) is 3. The van der Waals surface area contributed by atoms with E-state index >= 15 is 0 Å². The summed E-state index contributed by atoms with van der Waals surface area (Å²) in [6.07, 6.45) is 0.779. The van der Waals surface area contributed by atoms with E-state index in [9.17, 15) is 27.5 Å². The summed E-state index contributed by atoms with van der Waals surface area (Å²) in [5.41, 5.74) is 5.19. The van der Waals surface area contributed by atoms with Gasteiger partial charge in [0.1, 0.15) is 11.4 Å². The summed E-state index contributed by atoms with van der Waals surface area (Å²) in [7, 11) is -4.02. The zero-order valence-electron chi connectivity index (χ0n) is 20.9. The van der Waals surface area contributed by atoms with Gasteiger partial charge in [-0.25, -0.2) is 22.4 Å². The van der Waals surface area contributed by atoms with Crippen LogP contribution in [0.1, 0.15) is 32.3 Å². The molecule has 37 heavy (non-hydrogen) atoms. The van der Waals surface area contributed by atoms with Crippen molar-refractivity contribution in [2.75, 3.05) is 39.5 Å². The fourth-order valence-electron chi connectivity index (χ4n) is 3.59. The molecule has 0 spiro atoms. The van der Waals surface area contributed by atoms with Crippen LogP contribution in [0.15, 0.2) is 40.1 Å². The highest BCUT2D eigenvalue weighted by atomic mass is 32.2. The maximum Gasteiger partial charge on any atom is 0.377 e. The average Bonchev–Trinajstić information content (AvgIpc) is 2.86. The first-order chi connectivity index (χ1) is 17.5. The van der Waals surface area contributed by atoms with E-state index in [0.717, 1.165) is 12.1 Å². The maximum absolute atomic E-state index is 13.8. The number of carbonyl (C=O) groups excluding carboxylic acids is 2. The van der Waals surface area contributed by atoms with Crippen LogP contribution in [-0.4, -0.2) is 80.7 Å². The molecule has 2 rings (SSSR count). The van der Waals surface area contributed by atoms with Crippen molar-refractivity contribution in [3.8, 4) is 0 Å². The normalized spacial score (nSPS) is 16.8. The summed E-state index contributed by atoms with van der Waals surface area (Å²) in [6, 6.07) is 3.52. The lowest BCUT2D eigenvalue weighted by Gasteiger charge is -2.40. The Morgan fingerprint density at radius 2 is 1.86 bits per heavy atom. The van der Waals surface area contributed by atoms with Gasteiger partial charge in [-0.1, -0.05) is 11.2 Å². The average molecular weight is 546 g/mol. The third-order valence-electron chi connectivity index (χ3n) is 5.49. The highest BCUT2D eigenvalue weighted by molar-refractivity contribution is 7.89. The minimum Gasteiger partial charge on any atom is -0.463 e. The van der Waals surface area contributed by atoms with E-state index < -0.39 is 39.1 Å². The molecule has 1 aromatic carbocycles. The maximum atomic E-state index is 13.8. The Kier molecular flexibility index (Phi) is 11.0. The van der Waals surface area contributed by atoms with Gasteiger partial charge in [0.25, 0.3) is 0 Å². The van der Waals surface area contributed by atoms with Crippen LogP contribution in [0.2, 0.25) is 0 Å². The first-order valence-electron chi connectivity index (χ1n) is 11.6. The van der Waals surface area contributed by atoms with Crippen LogP contribution in [0.5, 0.6) is 0 Å². The second-order valence-corrected chi connectivity index (χ2v) is 9.84. The van der Waals surface area contributed by atoms with E-state index in [1.807, 2.05) is 0 Å². The van der Waals surface area contributed by atoms with Gasteiger partial charge in [-0.15, -0.1) is 0 Å². The largest absolute Gasteiger partial charge is 0.463 e. The van der Waals surface area contributed by atoms with Crippen molar-refractivity contribution < 1.29 is 46.6 Å². The number of halogens is 1. The first-order valence-corrected chi connectivity index (χ1v) is 13.0. The Morgan fingerprint density at radius 1 is 1.22 bits per heavy atom. The molecule has 0 unspecified atom stereocenters. The van der Waals surface area contributed by atoms with Gasteiger partial charge in [0.15, 0.2) is 5.84 Å². The number of oxime groups is 1. The molecule has 1 heterocycles. The molecule has 1 aliphatic heterocycles. The van der Waals surface area contributed by atoms with E-state index in [1.54, 1.807) is 20.8 Å². The fraction of sp³-hybridized carbons (Fsp3) is 0.522. The number of benzene rings is 1. The van der Waals surface area contributed by atoms with E-state index in [2.05, 4.69) is 5.16 Å². The van der Waals surface area contributed by atoms with Crippen molar-refractivity contribution in [1.82, 2.24) is 4.31 Å². The van der Waals surface area contributed by atoms with E-state index in [0.29, 0.717) is 5.56 Å². The molecule has 206 valence electrons. The topological polar surface area (TPSA) is 167 Å². The molecule has 0 aromatic heterocycles. The van der Waals surface area contributed by atoms with Gasteiger partial charge < -0.3 is 29.9 Å². The number of amidine groups is 1. The number of aliphatic hydroxyl groups is 1. The van der Waals surface area contributed by atoms with Crippen LogP contribution < -0.4 is 5.73 Å². The number of carbonyl (C=O) groups is 2. The monoisotopic (exact) mass is 545 g/mol. The van der Waals surface area contributed by atoms with Gasteiger partial charge in [0, 0.05) is 13.1 Å². The molecule has 1 aliphatic rings. The minimum atomic E-state index is -4.02. The van der Waals surface area contributed by atoms with Crippen LogP contribution >= 0.6 is 0 Å². The third-order valence-corrected chi connectivity index (χ3v) is 7.53. The molecule has 0 atom stereocenters. The zero-order valence-corrected chi connectivity index (χ0v) is 21.8. The molecule has 0 amide bonds. The standard InChI is InChI=1S/C23H32FN3O9S/c1-4-33-20(29)15-18(21(30)34-5-2)36-26-22(25)23(35-13-12-28)8-10-27(11-9-23)37(31,32)19-14-17(24)7-6-16(19)3/h6-7,14-15,28H,4-5,8-13H2,1-3H3,(H2,25,26). The quantitative estimate of drug-likeness (QED) is 0.0964. The van der Waals surface area contributed by atoms with Gasteiger partial charge in [-0.2, -0.15) is 4.31 Å². The van der Waals surface area contributed by atoms with Crippen molar-refractivity contribution >= 4 is 27.8 Å². The predicted octanol–water partition coefficient (Wildman–Crippen LogP) is 0.965. The minimum absolute atomic E-state index is 0.000199. The number of nitrogens with zero attached hydrogens (tertiary/aromatic N) is 2. The molecule has 3 N–H and O–H groups in total. The van der Waals surface area contributed by atoms with Gasteiger partial charge >= 0.3 is 11.9 Å². The Balaban J connectivity index is 2.28. The van der Waals surface area contributed by atoms with Gasteiger partial charge in [-0.05, 0) is 51.3 Å². The summed E-state index contributed by atoms with van der Waals surface area (Å²) in [5.74, 6) is -3.36. The Bertz CT molecular complexity index is 1130. The molecular weight excluding hydrogens is 513 g/mol. The van der Waals surface area contributed by atoms with Crippen LogP contribution in [0.3, 0.4) is 0 Å². The summed E-state index contributed by atoms with van der Waals surface area (Å²) in [6.45, 7) is 4.14. The van der Waals surface area contributed by atoms with E-state index in [-0.39, 0.29) is 63.1 Å². The summed E-state index contributed by atoms with van der Waals surface area (Å²) in [5, 5.41) is 13.0. The number of piperidine rings is 1. The Labute approximate surface area is 214 Å². The molecule has 1 saturated heterocycles. The smallest absolute Gasteiger partial charge is 0.377 e. The lowest BCUT2D eigenvalue weighted by molar-refractivity contribution is -0.144. The number of aliphatic hydroxyl groups excluding tert-OH is 1. The van der Waals surface area contributed by atoms with Crippen LogP contribution in [0.25, 0.3) is 0 Å². The number of aryl methyl sites for hydroxylation is 1. The number of rotatable bonds is 12. The van der Waals surface area contributed by atoms with Crippen molar-refractivity contribution in [1.29, 1.82) is 0 Å². The van der Waals surface area contributed by atoms with Gasteiger partial charge in [-0.3, -0.25) is 0 Å². The molecule has 12 nitrogen and oxygen atoms in total. The number of hydrogen-bond donors (Lipinski definition) is 2. The van der Waals surface area contributed by atoms with Crippen molar-refractivity contribution in [2.45, 2.75) is 44.1 Å². The lowest BCUT2D eigenvalue weighted by Crippen LogP contribution is -2.55. The van der Waals surface area contributed by atoms with Crippen LogP contribution in [0, 0.1) is 12.7 Å². The summed E-state index contributed by atoms with van der Waals surface area (Å²) in [4.78, 5) is 28.9. The Hall–Kier alpha value is -3.07. The molecule has 1 aromatic rings. The second kappa shape index (κ2) is 13.5. The molecular formula is C23H32FN3O9S. The number of hydrogen-bond acceptors (Lipinski definition) is 10. The molecule has 0 radical (unpaired) electrons. The highest BCUT2D eigenvalue weighted by Crippen LogP contribution is 2.31. The van der Waals surface area contributed by atoms with E-state index in [1.165, 1.54) is 16.4 Å². The molecule has 14 heteroatoms. The highest BCUT2D eigenvalue weighted by Gasteiger charge is 2.43. The molecule has 0 aliphatic carbocycles. The van der Waals surface area contributed by atoms with E-state index in [4.69, 9.17) is 24.8 Å². The van der Waals surface area contributed by atoms with Crippen LogP contribution in [0.4, 0.5) is 4.39 Å². The third kappa shape index (κ3) is 7.71. The zero-order chi connectivity index (χ0) is 27.6. The summed E-state index contributed by atoms with van der Waals surface area (Å²) < 4.78 is 56.6. The number of sulfonamides is 1. The number of nitrogens with two attached hydrogens (primary N) is 1. The molecule has 0 saturated carbocycles. The fourth-order valence-corrected chi connectivity index (χ4v) is 5.27. The van der Waals surface area contributed by atoms with Crippen molar-refractivity contribution in [3.63, 3.8) is 0 Å². The Morgan fingerprint density at radius 3 is 2.46 bits per heavy atom. The lowest BCUT2D eigenvalue weighted by atomic mass is 9.91. The SMILES string of the molecule is CCOC(=O)C=C(ON=C(N)C1(OCCO)CCN(S(=O)(=O)c2cc(F)ccc2C)CC1)C(=O)OCC. The van der Waals surface area contributed by atoms with Crippen LogP contribution in [-0.2, 0) is 38.7 Å². The molecule has 0 bridgehead atoms. The molecule has 1 fully saturated rings. The first kappa shape index (κ1) is 30.2. The second-order valence-electron chi connectivity index (χ2n) is 7.93. The predicted molar refractivity (Wildman–Crippen MR) is 129 cm³/mol.